The monoisotopic (exact) mass is 232 g/mol. The number of benzene rings is 1. The summed E-state index contributed by atoms with van der Waals surface area (Å²) in [5.74, 6) is -0.224. The number of nitriles is 1. The van der Waals surface area contributed by atoms with Crippen molar-refractivity contribution in [3.63, 3.8) is 0 Å². The summed E-state index contributed by atoms with van der Waals surface area (Å²) >= 11 is 0. The van der Waals surface area contributed by atoms with E-state index in [-0.39, 0.29) is 5.97 Å². The van der Waals surface area contributed by atoms with Gasteiger partial charge in [-0.2, -0.15) is 5.26 Å². The van der Waals surface area contributed by atoms with Crippen molar-refractivity contribution in [2.24, 2.45) is 0 Å². The van der Waals surface area contributed by atoms with Gasteiger partial charge in [-0.3, -0.25) is 4.79 Å². The molecule has 4 heteroatoms. The predicted molar refractivity (Wildman–Crippen MR) is 65.1 cm³/mol. The Balaban J connectivity index is 2.66. The van der Waals surface area contributed by atoms with E-state index in [0.29, 0.717) is 31.6 Å². The Hall–Kier alpha value is -2.02. The van der Waals surface area contributed by atoms with E-state index in [2.05, 4.69) is 6.07 Å². The second kappa shape index (κ2) is 6.54. The molecule has 0 amide bonds. The van der Waals surface area contributed by atoms with Crippen molar-refractivity contribution in [1.82, 2.24) is 0 Å². The first-order valence-electron chi connectivity index (χ1n) is 5.57. The van der Waals surface area contributed by atoms with Crippen LogP contribution in [0, 0.1) is 11.3 Å². The Labute approximate surface area is 101 Å². The van der Waals surface area contributed by atoms with Crippen LogP contribution in [0.1, 0.15) is 24.5 Å². The summed E-state index contributed by atoms with van der Waals surface area (Å²) in [6, 6.07) is 7.55. The lowest BCUT2D eigenvalue weighted by Crippen LogP contribution is -2.06. The summed E-state index contributed by atoms with van der Waals surface area (Å²) in [6.45, 7) is 2.17. The lowest BCUT2D eigenvalue weighted by atomic mass is 10.0. The van der Waals surface area contributed by atoms with E-state index < -0.39 is 0 Å². The third-order valence-corrected chi connectivity index (χ3v) is 2.39. The highest BCUT2D eigenvalue weighted by atomic mass is 16.5. The number of nitrogen functional groups attached to an aromatic ring is 1. The maximum atomic E-state index is 11.2. The van der Waals surface area contributed by atoms with E-state index in [9.17, 15) is 4.79 Å². The number of ether oxygens (including phenoxy) is 1. The van der Waals surface area contributed by atoms with E-state index in [4.69, 9.17) is 15.7 Å². The molecule has 0 aromatic heterocycles. The summed E-state index contributed by atoms with van der Waals surface area (Å²) in [5.41, 5.74) is 8.27. The van der Waals surface area contributed by atoms with E-state index >= 15 is 0 Å². The zero-order valence-electron chi connectivity index (χ0n) is 9.90. The molecule has 0 unspecified atom stereocenters. The number of nitrogens with zero attached hydrogens (tertiary/aromatic N) is 1. The van der Waals surface area contributed by atoms with Gasteiger partial charge in [-0.1, -0.05) is 12.1 Å². The van der Waals surface area contributed by atoms with Gasteiger partial charge in [-0.25, -0.2) is 0 Å². The van der Waals surface area contributed by atoms with Gasteiger partial charge in [0.2, 0.25) is 0 Å². The number of rotatable bonds is 5. The standard InChI is InChI=1S/C13H16N2O2/c1-2-17-13(16)6-4-11-9-10(7-8-14)3-5-12(11)15/h3,5,9H,2,4,6-7,15H2,1H3. The van der Waals surface area contributed by atoms with Crippen molar-refractivity contribution in [3.8, 4) is 6.07 Å². The molecule has 0 heterocycles. The van der Waals surface area contributed by atoms with Crippen LogP contribution >= 0.6 is 0 Å². The molecular weight excluding hydrogens is 216 g/mol. The zero-order valence-corrected chi connectivity index (χ0v) is 9.90. The molecule has 0 atom stereocenters. The molecule has 17 heavy (non-hydrogen) atoms. The van der Waals surface area contributed by atoms with Crippen molar-refractivity contribution in [3.05, 3.63) is 29.3 Å². The fraction of sp³-hybridized carbons (Fsp3) is 0.385. The van der Waals surface area contributed by atoms with Crippen molar-refractivity contribution in [1.29, 1.82) is 5.26 Å². The van der Waals surface area contributed by atoms with Gasteiger partial charge in [0.15, 0.2) is 0 Å². The molecule has 0 bridgehead atoms. The van der Waals surface area contributed by atoms with Gasteiger partial charge >= 0.3 is 5.97 Å². The van der Waals surface area contributed by atoms with Gasteiger partial charge in [0.05, 0.1) is 19.1 Å². The average Bonchev–Trinajstić information content (AvgIpc) is 2.30. The van der Waals surface area contributed by atoms with Crippen LogP contribution in [-0.4, -0.2) is 12.6 Å². The predicted octanol–water partition coefficient (Wildman–Crippen LogP) is 1.83. The minimum absolute atomic E-state index is 0.224. The number of nitrogens with two attached hydrogens (primary N) is 1. The zero-order chi connectivity index (χ0) is 12.7. The fourth-order valence-corrected chi connectivity index (χ4v) is 1.55. The Morgan fingerprint density at radius 2 is 2.29 bits per heavy atom. The van der Waals surface area contributed by atoms with E-state index in [1.807, 2.05) is 12.1 Å². The molecule has 90 valence electrons. The first kappa shape index (κ1) is 13.0. The molecule has 0 spiro atoms. The number of hydrogen-bond acceptors (Lipinski definition) is 4. The molecule has 0 fully saturated rings. The minimum atomic E-state index is -0.224. The summed E-state index contributed by atoms with van der Waals surface area (Å²) in [5, 5.41) is 8.61. The summed E-state index contributed by atoms with van der Waals surface area (Å²) in [4.78, 5) is 11.2. The van der Waals surface area contributed by atoms with E-state index in [1.54, 1.807) is 13.0 Å². The first-order chi connectivity index (χ1) is 8.17. The SMILES string of the molecule is CCOC(=O)CCc1cc(CC#N)ccc1N. The second-order valence-electron chi connectivity index (χ2n) is 3.67. The van der Waals surface area contributed by atoms with E-state index in [0.717, 1.165) is 11.1 Å². The number of hydrogen-bond donors (Lipinski definition) is 1. The maximum Gasteiger partial charge on any atom is 0.306 e. The maximum absolute atomic E-state index is 11.2. The summed E-state index contributed by atoms with van der Waals surface area (Å²) in [6.07, 6.45) is 1.21. The highest BCUT2D eigenvalue weighted by Crippen LogP contribution is 2.16. The number of carbonyl (C=O) groups is 1. The molecule has 0 aliphatic heterocycles. The van der Waals surface area contributed by atoms with Gasteiger partial charge < -0.3 is 10.5 Å². The van der Waals surface area contributed by atoms with Crippen LogP contribution < -0.4 is 5.73 Å². The quantitative estimate of drug-likeness (QED) is 0.620. The van der Waals surface area contributed by atoms with Gasteiger partial charge in [0.25, 0.3) is 0 Å². The molecule has 0 radical (unpaired) electrons. The van der Waals surface area contributed by atoms with Crippen molar-refractivity contribution in [2.75, 3.05) is 12.3 Å². The molecule has 1 aromatic rings. The first-order valence-corrected chi connectivity index (χ1v) is 5.57. The van der Waals surface area contributed by atoms with Crippen LogP contribution in [-0.2, 0) is 22.4 Å². The topological polar surface area (TPSA) is 76.1 Å². The lowest BCUT2D eigenvalue weighted by molar-refractivity contribution is -0.143. The summed E-state index contributed by atoms with van der Waals surface area (Å²) in [7, 11) is 0. The third kappa shape index (κ3) is 4.15. The van der Waals surface area contributed by atoms with Gasteiger partial charge in [0, 0.05) is 12.1 Å². The van der Waals surface area contributed by atoms with Crippen molar-refractivity contribution in [2.45, 2.75) is 26.2 Å². The Kier molecular flexibility index (Phi) is 5.02. The lowest BCUT2D eigenvalue weighted by Gasteiger charge is -2.07. The second-order valence-corrected chi connectivity index (χ2v) is 3.67. The smallest absolute Gasteiger partial charge is 0.306 e. The normalized spacial score (nSPS) is 9.65. The molecule has 0 saturated carbocycles. The fourth-order valence-electron chi connectivity index (χ4n) is 1.55. The Morgan fingerprint density at radius 1 is 1.53 bits per heavy atom. The molecule has 0 aliphatic rings. The third-order valence-electron chi connectivity index (χ3n) is 2.39. The molecular formula is C13H16N2O2. The van der Waals surface area contributed by atoms with Crippen LogP contribution in [0.25, 0.3) is 0 Å². The Bertz CT molecular complexity index is 436. The van der Waals surface area contributed by atoms with Crippen LogP contribution in [0.2, 0.25) is 0 Å². The number of aryl methyl sites for hydroxylation is 1. The van der Waals surface area contributed by atoms with Crippen molar-refractivity contribution >= 4 is 11.7 Å². The molecule has 0 aliphatic carbocycles. The minimum Gasteiger partial charge on any atom is -0.466 e. The summed E-state index contributed by atoms with van der Waals surface area (Å²) < 4.78 is 4.85. The van der Waals surface area contributed by atoms with Gasteiger partial charge in [0.1, 0.15) is 0 Å². The molecule has 0 saturated heterocycles. The van der Waals surface area contributed by atoms with E-state index in [1.165, 1.54) is 0 Å². The molecule has 1 rings (SSSR count). The average molecular weight is 232 g/mol. The molecule has 2 N–H and O–H groups in total. The number of carbonyl (C=O) groups excluding carboxylic acids is 1. The number of esters is 1. The largest absolute Gasteiger partial charge is 0.466 e. The van der Waals surface area contributed by atoms with Crippen LogP contribution in [0.15, 0.2) is 18.2 Å². The van der Waals surface area contributed by atoms with Crippen LogP contribution in [0.3, 0.4) is 0 Å². The molecule has 1 aromatic carbocycles. The van der Waals surface area contributed by atoms with Crippen LogP contribution in [0.5, 0.6) is 0 Å². The number of anilines is 1. The van der Waals surface area contributed by atoms with Gasteiger partial charge in [-0.05, 0) is 30.5 Å². The highest BCUT2D eigenvalue weighted by Gasteiger charge is 2.06. The van der Waals surface area contributed by atoms with Crippen LogP contribution in [0.4, 0.5) is 5.69 Å². The molecule has 4 nitrogen and oxygen atoms in total. The van der Waals surface area contributed by atoms with Crippen molar-refractivity contribution < 1.29 is 9.53 Å². The van der Waals surface area contributed by atoms with Gasteiger partial charge in [-0.15, -0.1) is 0 Å². The highest BCUT2D eigenvalue weighted by molar-refractivity contribution is 5.70. The Morgan fingerprint density at radius 3 is 2.94 bits per heavy atom.